The van der Waals surface area contributed by atoms with Crippen LogP contribution < -0.4 is 47.2 Å². The minimum absolute atomic E-state index is 0.0705. The van der Waals surface area contributed by atoms with E-state index in [0.29, 0.717) is 79.9 Å². The Labute approximate surface area is 339 Å². The SMILES string of the molecule is CCCOc1c2cc(N)cc1Cc1cc(N)cc(c1OCCC)Cc1cc(N)cc(c1OCC(=O)N[C@@H](C)C1CCCCC1)Cc1cc(N)cc(c1OCCC)C2. The lowest BCUT2D eigenvalue weighted by Gasteiger charge is -2.28. The zero-order valence-corrected chi connectivity index (χ0v) is 34.4. The van der Waals surface area contributed by atoms with Gasteiger partial charge in [0.15, 0.2) is 6.61 Å². The Kier molecular flexibility index (Phi) is 14.0. The zero-order valence-electron chi connectivity index (χ0n) is 34.4. The van der Waals surface area contributed by atoms with Crippen LogP contribution in [0.25, 0.3) is 0 Å². The number of hydrogen-bond acceptors (Lipinski definition) is 9. The van der Waals surface area contributed by atoms with Crippen LogP contribution in [0.4, 0.5) is 22.7 Å². The Hall–Kier alpha value is -5.25. The zero-order chi connectivity index (χ0) is 40.5. The Morgan fingerprint density at radius 1 is 0.544 bits per heavy atom. The van der Waals surface area contributed by atoms with Crippen LogP contribution in [-0.2, 0) is 30.5 Å². The summed E-state index contributed by atoms with van der Waals surface area (Å²) in [5, 5.41) is 3.24. The van der Waals surface area contributed by atoms with Gasteiger partial charge in [-0.1, -0.05) is 40.0 Å². The van der Waals surface area contributed by atoms with Gasteiger partial charge in [-0.25, -0.2) is 0 Å². The van der Waals surface area contributed by atoms with Gasteiger partial charge < -0.3 is 47.2 Å². The number of amides is 1. The van der Waals surface area contributed by atoms with Crippen LogP contribution >= 0.6 is 0 Å². The van der Waals surface area contributed by atoms with Crippen molar-refractivity contribution < 1.29 is 23.7 Å². The lowest BCUT2D eigenvalue weighted by atomic mass is 9.84. The summed E-state index contributed by atoms with van der Waals surface area (Å²) < 4.78 is 26.4. The van der Waals surface area contributed by atoms with Gasteiger partial charge in [0.2, 0.25) is 0 Å². The van der Waals surface area contributed by atoms with E-state index in [1.807, 2.05) is 48.5 Å². The van der Waals surface area contributed by atoms with Gasteiger partial charge in [-0.05, 0) is 93.5 Å². The van der Waals surface area contributed by atoms with Crippen molar-refractivity contribution in [2.45, 2.75) is 111 Å². The van der Waals surface area contributed by atoms with E-state index >= 15 is 0 Å². The molecule has 2 aliphatic carbocycles. The molecule has 0 aliphatic heterocycles. The second kappa shape index (κ2) is 19.3. The largest absolute Gasteiger partial charge is 0.493 e. The van der Waals surface area contributed by atoms with Gasteiger partial charge in [-0.2, -0.15) is 0 Å². The second-order valence-corrected chi connectivity index (χ2v) is 16.0. The minimum Gasteiger partial charge on any atom is -0.493 e. The van der Waals surface area contributed by atoms with Crippen molar-refractivity contribution >= 4 is 28.7 Å². The fourth-order valence-electron chi connectivity index (χ4n) is 8.54. The van der Waals surface area contributed by atoms with Gasteiger partial charge in [0, 0.05) is 99.0 Å². The van der Waals surface area contributed by atoms with Crippen molar-refractivity contribution in [1.29, 1.82) is 0 Å². The number of nitrogens with two attached hydrogens (primary N) is 4. The number of fused-ring (bicyclic) bond motifs is 8. The number of hydrogen-bond donors (Lipinski definition) is 5. The number of benzene rings is 4. The fourth-order valence-corrected chi connectivity index (χ4v) is 8.54. The van der Waals surface area contributed by atoms with Crippen LogP contribution in [0.1, 0.15) is 124 Å². The smallest absolute Gasteiger partial charge is 0.258 e. The van der Waals surface area contributed by atoms with Gasteiger partial charge in [-0.15, -0.1) is 0 Å². The van der Waals surface area contributed by atoms with Crippen LogP contribution in [0.5, 0.6) is 23.0 Å². The summed E-state index contributed by atoms with van der Waals surface area (Å²) in [5.74, 6) is 3.22. The lowest BCUT2D eigenvalue weighted by molar-refractivity contribution is -0.124. The predicted molar refractivity (Wildman–Crippen MR) is 232 cm³/mol. The molecule has 0 aromatic heterocycles. The molecule has 9 N–H and O–H groups in total. The Bertz CT molecular complexity index is 1910. The normalized spacial score (nSPS) is 14.7. The molecule has 57 heavy (non-hydrogen) atoms. The number of carbonyl (C=O) groups excluding carboxylic acids is 1. The van der Waals surface area contributed by atoms with E-state index < -0.39 is 0 Å². The number of ether oxygens (including phenoxy) is 4. The Morgan fingerprint density at radius 2 is 0.842 bits per heavy atom. The number of anilines is 4. The average molecular weight is 778 g/mol. The predicted octanol–water partition coefficient (Wildman–Crippen LogP) is 8.52. The number of rotatable bonds is 14. The van der Waals surface area contributed by atoms with E-state index in [2.05, 4.69) is 33.0 Å². The molecule has 0 heterocycles. The Balaban J connectivity index is 1.53. The molecule has 0 unspecified atom stereocenters. The number of nitrogen functional groups attached to an aromatic ring is 4. The van der Waals surface area contributed by atoms with Gasteiger partial charge >= 0.3 is 0 Å². The van der Waals surface area contributed by atoms with Crippen LogP contribution in [0.15, 0.2) is 48.5 Å². The van der Waals surface area contributed by atoms with Crippen molar-refractivity contribution in [2.24, 2.45) is 5.92 Å². The molecule has 8 bridgehead atoms. The molecule has 10 nitrogen and oxygen atoms in total. The molecular formula is C47H63N5O5. The van der Waals surface area contributed by atoms with Gasteiger partial charge in [0.1, 0.15) is 23.0 Å². The average Bonchev–Trinajstić information content (AvgIpc) is 3.16. The topological polar surface area (TPSA) is 170 Å². The third-order valence-corrected chi connectivity index (χ3v) is 11.0. The summed E-state index contributed by atoms with van der Waals surface area (Å²) in [6.07, 6.45) is 10.2. The first-order chi connectivity index (χ1) is 27.6. The summed E-state index contributed by atoms with van der Waals surface area (Å²) in [6.45, 7) is 9.83. The number of nitrogens with one attached hydrogen (secondary N) is 1. The highest BCUT2D eigenvalue weighted by atomic mass is 16.5. The molecule has 0 radical (unpaired) electrons. The molecule has 10 heteroatoms. The van der Waals surface area contributed by atoms with Crippen molar-refractivity contribution in [3.63, 3.8) is 0 Å². The van der Waals surface area contributed by atoms with Crippen LogP contribution in [0.2, 0.25) is 0 Å². The lowest BCUT2D eigenvalue weighted by Crippen LogP contribution is -2.41. The maximum Gasteiger partial charge on any atom is 0.258 e. The highest BCUT2D eigenvalue weighted by Gasteiger charge is 2.25. The molecule has 1 atom stereocenters. The number of carbonyl (C=O) groups is 1. The van der Waals surface area contributed by atoms with E-state index in [9.17, 15) is 4.79 Å². The standard InChI is InChI=1S/C47H63N5O5/c1-5-13-54-44-31-16-33-22-40(49)24-35(45(33)55-14-6-2)18-37-26-42(51)27-38(47(37)57-28-43(53)52-29(4)30-11-9-8-10-12-30)19-36-25-41(50)23-34(46(36)56-15-7-3)17-32(44)21-39(48)20-31/h20-27,29-30H,5-19,28,48-51H2,1-4H3,(H,52,53)/t29-/m0/s1. The van der Waals surface area contributed by atoms with Crippen molar-refractivity contribution in [3.8, 4) is 23.0 Å². The molecule has 4 aromatic rings. The van der Waals surface area contributed by atoms with Crippen LogP contribution in [-0.4, -0.2) is 38.4 Å². The van der Waals surface area contributed by atoms with Crippen molar-refractivity contribution in [3.05, 3.63) is 93.0 Å². The first-order valence-corrected chi connectivity index (χ1v) is 21.0. The summed E-state index contributed by atoms with van der Waals surface area (Å²) in [5.41, 5.74) is 36.3. The van der Waals surface area contributed by atoms with Gasteiger partial charge in [-0.3, -0.25) is 4.79 Å². The highest BCUT2D eigenvalue weighted by Crippen LogP contribution is 2.42. The molecule has 0 saturated heterocycles. The quantitative estimate of drug-likeness (QED) is 0.0694. The van der Waals surface area contributed by atoms with Gasteiger partial charge in [0.25, 0.3) is 5.91 Å². The Morgan fingerprint density at radius 3 is 1.14 bits per heavy atom. The maximum atomic E-state index is 13.6. The van der Waals surface area contributed by atoms with E-state index in [1.165, 1.54) is 19.3 Å². The summed E-state index contributed by atoms with van der Waals surface area (Å²) in [6, 6.07) is 15.8. The molecule has 306 valence electrons. The van der Waals surface area contributed by atoms with E-state index in [4.69, 9.17) is 41.9 Å². The first-order valence-electron chi connectivity index (χ1n) is 21.0. The molecule has 1 saturated carbocycles. The van der Waals surface area contributed by atoms with Crippen LogP contribution in [0, 0.1) is 5.92 Å². The molecule has 6 rings (SSSR count). The monoisotopic (exact) mass is 777 g/mol. The molecule has 1 fully saturated rings. The van der Waals surface area contributed by atoms with Crippen molar-refractivity contribution in [1.82, 2.24) is 5.32 Å². The summed E-state index contributed by atoms with van der Waals surface area (Å²) in [4.78, 5) is 13.6. The minimum atomic E-state index is -0.151. The van der Waals surface area contributed by atoms with Crippen molar-refractivity contribution in [2.75, 3.05) is 49.4 Å². The maximum absolute atomic E-state index is 13.6. The molecule has 2 aliphatic rings. The van der Waals surface area contributed by atoms with Crippen LogP contribution in [0.3, 0.4) is 0 Å². The van der Waals surface area contributed by atoms with E-state index in [0.717, 1.165) is 93.9 Å². The van der Waals surface area contributed by atoms with Gasteiger partial charge in [0.05, 0.1) is 19.8 Å². The molecular weight excluding hydrogens is 715 g/mol. The molecule has 1 amide bonds. The van der Waals surface area contributed by atoms with E-state index in [-0.39, 0.29) is 18.6 Å². The second-order valence-electron chi connectivity index (χ2n) is 16.0. The summed E-state index contributed by atoms with van der Waals surface area (Å²) >= 11 is 0. The third-order valence-electron chi connectivity index (χ3n) is 11.0. The van der Waals surface area contributed by atoms with E-state index in [1.54, 1.807) is 0 Å². The molecule has 4 aromatic carbocycles. The molecule has 0 spiro atoms. The summed E-state index contributed by atoms with van der Waals surface area (Å²) in [7, 11) is 0. The third kappa shape index (κ3) is 10.4. The fraction of sp³-hybridized carbons (Fsp3) is 0.468. The first kappa shape index (κ1) is 41.4. The highest BCUT2D eigenvalue weighted by molar-refractivity contribution is 5.78.